The van der Waals surface area contributed by atoms with Gasteiger partial charge in [0.25, 0.3) is 5.56 Å². The number of rotatable bonds is 10. The van der Waals surface area contributed by atoms with Gasteiger partial charge in [-0.25, -0.2) is 9.31 Å². The van der Waals surface area contributed by atoms with Crippen LogP contribution in [0.4, 0.5) is 0 Å². The van der Waals surface area contributed by atoms with Gasteiger partial charge in [-0.05, 0) is 61.6 Å². The lowest BCUT2D eigenvalue weighted by Crippen LogP contribution is -2.37. The molecule has 7 rings (SSSR count). The maximum Gasteiger partial charge on any atom is 0.439 e. The number of ether oxygens (including phenoxy) is 1. The van der Waals surface area contributed by atoms with Gasteiger partial charge in [-0.2, -0.15) is 10.1 Å². The zero-order chi connectivity index (χ0) is 31.7. The van der Waals surface area contributed by atoms with Crippen LogP contribution in [0.25, 0.3) is 28.3 Å². The van der Waals surface area contributed by atoms with Crippen molar-refractivity contribution < 1.29 is 14.4 Å². The molecule has 46 heavy (non-hydrogen) atoms. The Morgan fingerprint density at radius 1 is 1.02 bits per heavy atom. The molecule has 0 aliphatic heterocycles. The van der Waals surface area contributed by atoms with Crippen LogP contribution in [0.1, 0.15) is 87.6 Å². The maximum atomic E-state index is 14.4. The first-order valence-corrected chi connectivity index (χ1v) is 16.5. The smallest absolute Gasteiger partial charge is 0.387 e. The zero-order valence-corrected chi connectivity index (χ0v) is 26.2. The molecule has 0 atom stereocenters. The van der Waals surface area contributed by atoms with E-state index in [0.717, 1.165) is 97.7 Å². The molecule has 2 aliphatic rings. The lowest BCUT2D eigenvalue weighted by molar-refractivity contribution is -0.0796. The first-order chi connectivity index (χ1) is 22.4. The number of hydrogen-bond donors (Lipinski definition) is 2. The van der Waals surface area contributed by atoms with E-state index in [1.165, 1.54) is 0 Å². The minimum absolute atomic E-state index is 0.00186. The van der Waals surface area contributed by atoms with Gasteiger partial charge in [0, 0.05) is 23.6 Å². The summed E-state index contributed by atoms with van der Waals surface area (Å²) in [5.74, 6) is 0.375. The van der Waals surface area contributed by atoms with Crippen molar-refractivity contribution >= 4 is 5.78 Å². The first-order valence-electron chi connectivity index (χ1n) is 16.5. The Hall–Kier alpha value is -4.35. The van der Waals surface area contributed by atoms with Gasteiger partial charge < -0.3 is 9.84 Å². The Bertz CT molecular complexity index is 1920. The van der Waals surface area contributed by atoms with E-state index in [-0.39, 0.29) is 17.7 Å². The van der Waals surface area contributed by atoms with Crippen molar-refractivity contribution in [2.45, 2.75) is 95.3 Å². The van der Waals surface area contributed by atoms with Crippen molar-refractivity contribution in [1.29, 1.82) is 0 Å². The first kappa shape index (κ1) is 30.3. The number of hydrogen-bond acceptors (Lipinski definition) is 8. The van der Waals surface area contributed by atoms with Crippen LogP contribution in [-0.4, -0.2) is 52.7 Å². The highest BCUT2D eigenvalue weighted by atomic mass is 16.5. The standard InChI is InChI=1S/C35H40N6O5/c1-2-7-30-29(20-23-10-12-24(13-11-23)27-8-3-4-9-28(27)31-38-34(43)46-39-31)32(42)40(33-36-22-37-41(30)33)25-14-16-26(17-15-25)45-21-35(44)18-5-6-19-35/h3-4,8-13,22,25-26,44H,2,5-7,14-21H2,1H3,(H,38,39,43). The molecule has 0 radical (unpaired) electrons. The average molecular weight is 625 g/mol. The topological polar surface area (TPSA) is 141 Å². The van der Waals surface area contributed by atoms with Crippen molar-refractivity contribution in [2.75, 3.05) is 6.61 Å². The van der Waals surface area contributed by atoms with Gasteiger partial charge in [-0.15, -0.1) is 0 Å². The van der Waals surface area contributed by atoms with E-state index in [1.807, 2.05) is 57.6 Å². The average Bonchev–Trinajstić information content (AvgIpc) is 3.85. The van der Waals surface area contributed by atoms with E-state index in [9.17, 15) is 14.7 Å². The van der Waals surface area contributed by atoms with Gasteiger partial charge in [0.1, 0.15) is 6.33 Å². The molecule has 11 heteroatoms. The molecule has 2 saturated carbocycles. The van der Waals surface area contributed by atoms with Gasteiger partial charge in [0.2, 0.25) is 5.78 Å². The quantitative estimate of drug-likeness (QED) is 0.215. The number of nitrogens with one attached hydrogen (secondary N) is 1. The number of H-pyrrole nitrogens is 1. The van der Waals surface area contributed by atoms with E-state index in [1.54, 1.807) is 6.33 Å². The van der Waals surface area contributed by atoms with Gasteiger partial charge in [0.05, 0.1) is 24.0 Å². The van der Waals surface area contributed by atoms with Gasteiger partial charge >= 0.3 is 5.76 Å². The second-order valence-electron chi connectivity index (χ2n) is 12.9. The predicted octanol–water partition coefficient (Wildman–Crippen LogP) is 5.25. The summed E-state index contributed by atoms with van der Waals surface area (Å²) in [6.07, 6.45) is 10.7. The number of aromatic nitrogens is 6. The van der Waals surface area contributed by atoms with Gasteiger partial charge in [0.15, 0.2) is 5.82 Å². The fraction of sp³-hybridized carbons (Fsp3) is 0.457. The molecular weight excluding hydrogens is 584 g/mol. The summed E-state index contributed by atoms with van der Waals surface area (Å²) in [4.78, 5) is 33.1. The molecule has 0 unspecified atom stereocenters. The molecule has 11 nitrogen and oxygen atoms in total. The second-order valence-corrected chi connectivity index (χ2v) is 12.9. The molecule has 240 valence electrons. The molecule has 2 aromatic carbocycles. The number of nitrogens with zero attached hydrogens (tertiary/aromatic N) is 5. The van der Waals surface area contributed by atoms with Gasteiger partial charge in [-0.3, -0.25) is 18.9 Å². The van der Waals surface area contributed by atoms with Crippen LogP contribution in [0.2, 0.25) is 0 Å². The van der Waals surface area contributed by atoms with Crippen LogP contribution in [0.5, 0.6) is 0 Å². The molecule has 5 aromatic rings. The molecule has 2 fully saturated rings. The highest BCUT2D eigenvalue weighted by Crippen LogP contribution is 2.34. The number of aromatic amines is 1. The Morgan fingerprint density at radius 3 is 2.46 bits per heavy atom. The summed E-state index contributed by atoms with van der Waals surface area (Å²) in [7, 11) is 0. The Balaban J connectivity index is 1.15. The molecule has 0 bridgehead atoms. The summed E-state index contributed by atoms with van der Waals surface area (Å²) in [6.45, 7) is 2.51. The monoisotopic (exact) mass is 624 g/mol. The molecule has 0 spiro atoms. The van der Waals surface area contributed by atoms with Crippen molar-refractivity contribution in [3.63, 3.8) is 0 Å². The Labute approximate surface area is 266 Å². The molecule has 2 N–H and O–H groups in total. The van der Waals surface area contributed by atoms with Crippen molar-refractivity contribution in [3.05, 3.63) is 92.6 Å². The van der Waals surface area contributed by atoms with E-state index in [0.29, 0.717) is 24.6 Å². The molecule has 0 saturated heterocycles. The zero-order valence-electron chi connectivity index (χ0n) is 26.2. The van der Waals surface area contributed by atoms with Crippen LogP contribution < -0.4 is 11.3 Å². The highest BCUT2D eigenvalue weighted by molar-refractivity contribution is 5.80. The lowest BCUT2D eigenvalue weighted by atomic mass is 9.92. The normalized spacial score (nSPS) is 19.6. The van der Waals surface area contributed by atoms with Crippen LogP contribution in [0.3, 0.4) is 0 Å². The minimum atomic E-state index is -0.676. The number of fused-ring (bicyclic) bond motifs is 1. The third-order valence-electron chi connectivity index (χ3n) is 9.71. The van der Waals surface area contributed by atoms with Crippen molar-refractivity contribution in [1.82, 2.24) is 29.3 Å². The van der Waals surface area contributed by atoms with Crippen LogP contribution >= 0.6 is 0 Å². The second kappa shape index (κ2) is 12.8. The van der Waals surface area contributed by atoms with Crippen LogP contribution in [-0.2, 0) is 17.6 Å². The molecule has 3 heterocycles. The van der Waals surface area contributed by atoms with E-state index >= 15 is 0 Å². The van der Waals surface area contributed by atoms with E-state index in [4.69, 9.17) is 9.26 Å². The molecule has 2 aliphatic carbocycles. The predicted molar refractivity (Wildman–Crippen MR) is 173 cm³/mol. The summed E-state index contributed by atoms with van der Waals surface area (Å²) in [5.41, 5.74) is 4.62. The SMILES string of the molecule is CCCc1c(Cc2ccc(-c3ccccc3-c3noc(=O)[nH]3)cc2)c(=O)n(C2CCC(OCC3(O)CCCC3)CC2)c2ncnn12. The molecule has 3 aromatic heterocycles. The summed E-state index contributed by atoms with van der Waals surface area (Å²) < 4.78 is 14.7. The minimum Gasteiger partial charge on any atom is -0.387 e. The Morgan fingerprint density at radius 2 is 1.76 bits per heavy atom. The van der Waals surface area contributed by atoms with E-state index in [2.05, 4.69) is 27.1 Å². The maximum absolute atomic E-state index is 14.4. The van der Waals surface area contributed by atoms with E-state index < -0.39 is 11.4 Å². The fourth-order valence-corrected chi connectivity index (χ4v) is 7.29. The third-order valence-corrected chi connectivity index (χ3v) is 9.71. The largest absolute Gasteiger partial charge is 0.439 e. The third kappa shape index (κ3) is 5.96. The summed E-state index contributed by atoms with van der Waals surface area (Å²) >= 11 is 0. The fourth-order valence-electron chi connectivity index (χ4n) is 7.29. The number of aliphatic hydroxyl groups is 1. The molecular formula is C35H40N6O5. The van der Waals surface area contributed by atoms with Crippen molar-refractivity contribution in [2.24, 2.45) is 0 Å². The molecule has 0 amide bonds. The lowest BCUT2D eigenvalue weighted by Gasteiger charge is -2.32. The van der Waals surface area contributed by atoms with Gasteiger partial charge in [-0.1, -0.05) is 79.9 Å². The van der Waals surface area contributed by atoms with Crippen LogP contribution in [0, 0.1) is 0 Å². The Kier molecular flexibility index (Phi) is 8.44. The highest BCUT2D eigenvalue weighted by Gasteiger charge is 2.34. The number of aryl methyl sites for hydroxylation is 1. The summed E-state index contributed by atoms with van der Waals surface area (Å²) in [6, 6.07) is 15.9. The number of benzene rings is 2. The van der Waals surface area contributed by atoms with Crippen LogP contribution in [0.15, 0.2) is 69.0 Å². The summed E-state index contributed by atoms with van der Waals surface area (Å²) in [5, 5.41) is 19.2. The van der Waals surface area contributed by atoms with Crippen molar-refractivity contribution in [3.8, 4) is 22.5 Å².